The Labute approximate surface area is 175 Å². The number of halogens is 2. The summed E-state index contributed by atoms with van der Waals surface area (Å²) in [6.45, 7) is 0.684. The third-order valence-electron chi connectivity index (χ3n) is 7.02. The highest BCUT2D eigenvalue weighted by Gasteiger charge is 2.53. The van der Waals surface area contributed by atoms with Crippen LogP contribution in [-0.4, -0.2) is 16.3 Å². The van der Waals surface area contributed by atoms with Crippen molar-refractivity contribution >= 4 is 28.9 Å². The number of benzene rings is 1. The molecule has 0 atom stereocenters. The van der Waals surface area contributed by atoms with Gasteiger partial charge in [-0.1, -0.05) is 35.3 Å². The fourth-order valence-electron chi connectivity index (χ4n) is 6.21. The summed E-state index contributed by atoms with van der Waals surface area (Å²) in [6, 6.07) is 7.79. The molecule has 6 heteroatoms. The van der Waals surface area contributed by atoms with E-state index in [0.29, 0.717) is 12.2 Å². The summed E-state index contributed by atoms with van der Waals surface area (Å²) < 4.78 is 1.74. The van der Waals surface area contributed by atoms with Crippen LogP contribution in [0.3, 0.4) is 0 Å². The van der Waals surface area contributed by atoms with E-state index < -0.39 is 0 Å². The first-order valence-corrected chi connectivity index (χ1v) is 11.0. The number of rotatable bonds is 5. The fourth-order valence-corrected chi connectivity index (χ4v) is 6.53. The summed E-state index contributed by atoms with van der Waals surface area (Å²) >= 11 is 12.4. The molecule has 2 aromatic rings. The first-order chi connectivity index (χ1) is 13.5. The van der Waals surface area contributed by atoms with Crippen molar-refractivity contribution in [2.45, 2.75) is 50.5 Å². The number of nitrogens with zero attached hydrogens (tertiary/aromatic N) is 2. The lowest BCUT2D eigenvalue weighted by atomic mass is 9.53. The Bertz CT molecular complexity index is 903. The average Bonchev–Trinajstić information content (AvgIpc) is 2.65. The van der Waals surface area contributed by atoms with E-state index in [1.54, 1.807) is 10.9 Å². The van der Waals surface area contributed by atoms with Gasteiger partial charge in [0, 0.05) is 11.6 Å². The van der Waals surface area contributed by atoms with Gasteiger partial charge < -0.3 is 5.32 Å². The van der Waals surface area contributed by atoms with Crippen LogP contribution in [0.2, 0.25) is 10.0 Å². The number of anilines is 1. The molecule has 0 amide bonds. The van der Waals surface area contributed by atoms with Gasteiger partial charge in [-0.25, -0.2) is 4.68 Å². The molecule has 1 heterocycles. The van der Waals surface area contributed by atoms with Gasteiger partial charge in [-0.3, -0.25) is 4.79 Å². The molecule has 6 rings (SSSR count). The lowest BCUT2D eigenvalue weighted by Gasteiger charge is -2.56. The maximum absolute atomic E-state index is 13.1. The number of nitrogens with one attached hydrogen (secondary N) is 1. The minimum Gasteiger partial charge on any atom is -0.382 e. The second-order valence-corrected chi connectivity index (χ2v) is 9.85. The van der Waals surface area contributed by atoms with E-state index in [-0.39, 0.29) is 16.1 Å². The molecule has 4 fully saturated rings. The number of aromatic nitrogens is 2. The van der Waals surface area contributed by atoms with Crippen molar-refractivity contribution < 1.29 is 0 Å². The summed E-state index contributed by atoms with van der Waals surface area (Å²) in [4.78, 5) is 13.1. The predicted octanol–water partition coefficient (Wildman–Crippen LogP) is 5.13. The van der Waals surface area contributed by atoms with Crippen molar-refractivity contribution in [2.75, 3.05) is 11.9 Å². The standard InChI is InChI=1S/C22H25Cl2N3O/c23-18-3-1-14(2-4-18)5-6-25-19-13-26-27(21(28)20(19)24)22-10-15-7-16(11-22)9-17(8-15)12-22/h1-4,13,15-17,25H,5-12H2. The van der Waals surface area contributed by atoms with Gasteiger partial charge in [0.05, 0.1) is 17.4 Å². The SMILES string of the molecule is O=c1c(Cl)c(NCCc2ccc(Cl)cc2)cnn1C12CC3CC(CC(C3)C1)C2. The van der Waals surface area contributed by atoms with Crippen molar-refractivity contribution in [3.05, 3.63) is 56.4 Å². The molecule has 28 heavy (non-hydrogen) atoms. The Balaban J connectivity index is 1.33. The highest BCUT2D eigenvalue weighted by atomic mass is 35.5. The molecule has 0 unspecified atom stereocenters. The van der Waals surface area contributed by atoms with Crippen molar-refractivity contribution in [1.82, 2.24) is 9.78 Å². The van der Waals surface area contributed by atoms with Crippen molar-refractivity contribution in [3.63, 3.8) is 0 Å². The minimum atomic E-state index is -0.139. The van der Waals surface area contributed by atoms with Gasteiger partial charge in [-0.05, 0) is 80.4 Å². The van der Waals surface area contributed by atoms with Crippen LogP contribution in [0.4, 0.5) is 5.69 Å². The smallest absolute Gasteiger partial charge is 0.288 e. The molecular weight excluding hydrogens is 393 g/mol. The van der Waals surface area contributed by atoms with Crippen LogP contribution in [0.25, 0.3) is 0 Å². The summed E-state index contributed by atoms with van der Waals surface area (Å²) in [7, 11) is 0. The Morgan fingerprint density at radius 1 is 1.04 bits per heavy atom. The van der Waals surface area contributed by atoms with Gasteiger partial charge in [-0.15, -0.1) is 0 Å². The summed E-state index contributed by atoms with van der Waals surface area (Å²) in [5.74, 6) is 2.28. The van der Waals surface area contributed by atoms with Crippen molar-refractivity contribution in [1.29, 1.82) is 0 Å². The Morgan fingerprint density at radius 3 is 2.25 bits per heavy atom. The molecule has 4 aliphatic rings. The zero-order valence-electron chi connectivity index (χ0n) is 15.8. The quantitative estimate of drug-likeness (QED) is 0.732. The maximum atomic E-state index is 13.1. The normalized spacial score (nSPS) is 30.6. The average molecular weight is 418 g/mol. The van der Waals surface area contributed by atoms with Gasteiger partial charge in [0.2, 0.25) is 0 Å². The Kier molecular flexibility index (Phi) is 4.67. The van der Waals surface area contributed by atoms with Crippen LogP contribution in [-0.2, 0) is 12.0 Å². The molecule has 1 aromatic heterocycles. The van der Waals surface area contributed by atoms with Crippen LogP contribution in [0.1, 0.15) is 44.1 Å². The van der Waals surface area contributed by atoms with E-state index in [1.807, 2.05) is 24.3 Å². The van der Waals surface area contributed by atoms with Gasteiger partial charge in [0.15, 0.2) is 0 Å². The van der Waals surface area contributed by atoms with Gasteiger partial charge in [0.25, 0.3) is 5.56 Å². The van der Waals surface area contributed by atoms with Crippen LogP contribution in [0, 0.1) is 17.8 Å². The lowest BCUT2D eigenvalue weighted by Crippen LogP contribution is -2.55. The molecule has 1 N–H and O–H groups in total. The molecule has 0 spiro atoms. The van der Waals surface area contributed by atoms with E-state index in [0.717, 1.165) is 48.5 Å². The van der Waals surface area contributed by atoms with Crippen molar-refractivity contribution in [2.24, 2.45) is 17.8 Å². The van der Waals surface area contributed by atoms with E-state index in [9.17, 15) is 4.79 Å². The maximum Gasteiger partial charge on any atom is 0.288 e. The molecule has 4 nitrogen and oxygen atoms in total. The summed E-state index contributed by atoms with van der Waals surface area (Å²) in [6.07, 6.45) is 9.85. The molecule has 0 saturated heterocycles. The van der Waals surface area contributed by atoms with Crippen LogP contribution in [0.15, 0.2) is 35.3 Å². The number of hydrogen-bond acceptors (Lipinski definition) is 3. The molecule has 0 aliphatic heterocycles. The Morgan fingerprint density at radius 2 is 1.64 bits per heavy atom. The molecule has 4 bridgehead atoms. The zero-order chi connectivity index (χ0) is 19.3. The first kappa shape index (κ1) is 18.5. The van der Waals surface area contributed by atoms with E-state index >= 15 is 0 Å². The third kappa shape index (κ3) is 3.25. The van der Waals surface area contributed by atoms with Crippen LogP contribution in [0.5, 0.6) is 0 Å². The summed E-state index contributed by atoms with van der Waals surface area (Å²) in [5.41, 5.74) is 1.57. The van der Waals surface area contributed by atoms with E-state index in [4.69, 9.17) is 23.2 Å². The van der Waals surface area contributed by atoms with Gasteiger partial charge >= 0.3 is 0 Å². The third-order valence-corrected chi connectivity index (χ3v) is 7.63. The molecule has 148 valence electrons. The lowest BCUT2D eigenvalue weighted by molar-refractivity contribution is -0.0518. The molecule has 4 aliphatic carbocycles. The minimum absolute atomic E-state index is 0.0999. The second kappa shape index (κ2) is 7.07. The topological polar surface area (TPSA) is 46.9 Å². The highest BCUT2D eigenvalue weighted by molar-refractivity contribution is 6.33. The molecule has 1 aromatic carbocycles. The first-order valence-electron chi connectivity index (χ1n) is 10.3. The van der Waals surface area contributed by atoms with E-state index in [1.165, 1.54) is 24.8 Å². The van der Waals surface area contributed by atoms with Crippen molar-refractivity contribution in [3.8, 4) is 0 Å². The van der Waals surface area contributed by atoms with Crippen LogP contribution < -0.4 is 10.9 Å². The molecule has 4 saturated carbocycles. The fraction of sp³-hybridized carbons (Fsp3) is 0.545. The highest BCUT2D eigenvalue weighted by Crippen LogP contribution is 2.58. The molecule has 0 radical (unpaired) electrons. The second-order valence-electron chi connectivity index (χ2n) is 9.03. The largest absolute Gasteiger partial charge is 0.382 e. The zero-order valence-corrected chi connectivity index (χ0v) is 17.3. The predicted molar refractivity (Wildman–Crippen MR) is 113 cm³/mol. The van der Waals surface area contributed by atoms with Gasteiger partial charge in [0.1, 0.15) is 5.02 Å². The monoisotopic (exact) mass is 417 g/mol. The Hall–Kier alpha value is -1.52. The number of hydrogen-bond donors (Lipinski definition) is 1. The summed E-state index contributed by atoms with van der Waals surface area (Å²) in [5, 5.41) is 8.88. The van der Waals surface area contributed by atoms with Crippen LogP contribution >= 0.6 is 23.2 Å². The molecular formula is C22H25Cl2N3O. The van der Waals surface area contributed by atoms with E-state index in [2.05, 4.69) is 10.4 Å². The van der Waals surface area contributed by atoms with Gasteiger partial charge in [-0.2, -0.15) is 5.10 Å².